The van der Waals surface area contributed by atoms with Crippen LogP contribution < -0.4 is 5.32 Å². The van der Waals surface area contributed by atoms with Crippen molar-refractivity contribution in [3.05, 3.63) is 77.1 Å². The van der Waals surface area contributed by atoms with Gasteiger partial charge in [-0.1, -0.05) is 23.7 Å². The molecule has 0 fully saturated rings. The summed E-state index contributed by atoms with van der Waals surface area (Å²) in [6.07, 6.45) is 3.12. The second-order valence-corrected chi connectivity index (χ2v) is 7.96. The molecular formula is C22H17ClN10O. The van der Waals surface area contributed by atoms with Crippen molar-refractivity contribution >= 4 is 29.0 Å². The molecule has 4 aromatic rings. The number of carbonyl (C=O) groups is 1. The Morgan fingerprint density at radius 2 is 1.88 bits per heavy atom. The average Bonchev–Trinajstić information content (AvgIpc) is 3.59. The fourth-order valence-electron chi connectivity index (χ4n) is 3.55. The van der Waals surface area contributed by atoms with Crippen molar-refractivity contribution in [3.8, 4) is 17.5 Å². The molecule has 2 aromatic carbocycles. The van der Waals surface area contributed by atoms with Gasteiger partial charge in [-0.3, -0.25) is 4.68 Å². The lowest BCUT2D eigenvalue weighted by Gasteiger charge is -2.16. The fraction of sp³-hybridized carbons (Fsp3) is 0.136. The molecule has 0 radical (unpaired) electrons. The number of hydrogen-bond acceptors (Lipinski definition) is 7. The number of nitrogens with zero attached hydrogens (tertiary/aromatic N) is 9. The van der Waals surface area contributed by atoms with Crippen molar-refractivity contribution in [2.24, 2.45) is 12.1 Å². The molecule has 2 aromatic heterocycles. The number of nitriles is 1. The van der Waals surface area contributed by atoms with Gasteiger partial charge in [-0.15, -0.1) is 10.2 Å². The molecule has 0 aliphatic carbocycles. The van der Waals surface area contributed by atoms with E-state index in [4.69, 9.17) is 16.9 Å². The maximum atomic E-state index is 13.0. The first-order chi connectivity index (χ1) is 16.5. The molecule has 0 saturated carbocycles. The van der Waals surface area contributed by atoms with Crippen molar-refractivity contribution in [1.29, 1.82) is 5.26 Å². The van der Waals surface area contributed by atoms with Crippen molar-refractivity contribution in [2.75, 3.05) is 11.9 Å². The Bertz CT molecular complexity index is 1420. The molecule has 1 N–H and O–H groups in total. The Labute approximate surface area is 198 Å². The number of hydrogen-bond donors (Lipinski definition) is 1. The minimum atomic E-state index is -0.396. The van der Waals surface area contributed by atoms with E-state index in [1.807, 2.05) is 12.1 Å². The molecule has 1 aliphatic heterocycles. The zero-order chi connectivity index (χ0) is 23.7. The van der Waals surface area contributed by atoms with Crippen molar-refractivity contribution in [1.82, 2.24) is 35.0 Å². The predicted octanol–water partition coefficient (Wildman–Crippen LogP) is 3.09. The highest BCUT2D eigenvalue weighted by molar-refractivity contribution is 6.30. The molecule has 1 atom stereocenters. The molecule has 3 heterocycles. The number of halogens is 1. The van der Waals surface area contributed by atoms with Crippen molar-refractivity contribution in [3.63, 3.8) is 0 Å². The molecule has 5 rings (SSSR count). The molecule has 0 spiro atoms. The average molecular weight is 473 g/mol. The highest BCUT2D eigenvalue weighted by Crippen LogP contribution is 2.26. The van der Waals surface area contributed by atoms with Crippen molar-refractivity contribution in [2.45, 2.75) is 6.04 Å². The summed E-state index contributed by atoms with van der Waals surface area (Å²) in [5.41, 5.74) is 3.25. The normalized spacial score (nSPS) is 15.1. The number of rotatable bonds is 4. The van der Waals surface area contributed by atoms with Crippen LogP contribution in [0, 0.1) is 11.3 Å². The number of nitrogens with one attached hydrogen (secondary N) is 1. The minimum absolute atomic E-state index is 0.248. The van der Waals surface area contributed by atoms with E-state index in [9.17, 15) is 4.79 Å². The van der Waals surface area contributed by atoms with E-state index in [2.05, 4.69) is 37.0 Å². The Morgan fingerprint density at radius 3 is 2.53 bits per heavy atom. The first-order valence-corrected chi connectivity index (χ1v) is 10.6. The summed E-state index contributed by atoms with van der Waals surface area (Å²) < 4.78 is 1.64. The number of anilines is 1. The van der Waals surface area contributed by atoms with Crippen LogP contribution in [0.3, 0.4) is 0 Å². The molecule has 0 saturated heterocycles. The first kappa shape index (κ1) is 21.3. The molecule has 168 valence electrons. The van der Waals surface area contributed by atoms with E-state index in [1.165, 1.54) is 16.0 Å². The second kappa shape index (κ2) is 8.76. The summed E-state index contributed by atoms with van der Waals surface area (Å²) in [6.45, 7) is 0.248. The highest BCUT2D eigenvalue weighted by Gasteiger charge is 2.33. The maximum absolute atomic E-state index is 13.0. The van der Waals surface area contributed by atoms with E-state index >= 15 is 0 Å². The third-order valence-electron chi connectivity index (χ3n) is 5.22. The fourth-order valence-corrected chi connectivity index (χ4v) is 3.68. The van der Waals surface area contributed by atoms with Crippen LogP contribution in [0.4, 0.5) is 10.5 Å². The number of aryl methyl sites for hydroxylation is 1. The Morgan fingerprint density at radius 1 is 1.15 bits per heavy atom. The summed E-state index contributed by atoms with van der Waals surface area (Å²) in [7, 11) is 1.69. The Balaban J connectivity index is 1.37. The zero-order valence-electron chi connectivity index (χ0n) is 17.9. The van der Waals surface area contributed by atoms with Gasteiger partial charge in [0.05, 0.1) is 31.1 Å². The van der Waals surface area contributed by atoms with E-state index in [0.717, 1.165) is 11.1 Å². The van der Waals surface area contributed by atoms with Crippen LogP contribution in [0.15, 0.2) is 66.0 Å². The zero-order valence-corrected chi connectivity index (χ0v) is 18.6. The largest absolute Gasteiger partial charge is 0.342 e. The van der Waals surface area contributed by atoms with Crippen LogP contribution in [-0.2, 0) is 7.05 Å². The quantitative estimate of drug-likeness (QED) is 0.485. The number of benzene rings is 2. The van der Waals surface area contributed by atoms with Gasteiger partial charge >= 0.3 is 6.03 Å². The summed E-state index contributed by atoms with van der Waals surface area (Å²) in [6, 6.07) is 15.6. The smallest absolute Gasteiger partial charge is 0.306 e. The van der Waals surface area contributed by atoms with Crippen LogP contribution in [-0.4, -0.2) is 53.3 Å². The van der Waals surface area contributed by atoms with Gasteiger partial charge in [-0.05, 0) is 41.6 Å². The molecular weight excluding hydrogens is 456 g/mol. The maximum Gasteiger partial charge on any atom is 0.342 e. The second-order valence-electron chi connectivity index (χ2n) is 7.52. The van der Waals surface area contributed by atoms with Crippen LogP contribution in [0.2, 0.25) is 5.02 Å². The van der Waals surface area contributed by atoms with Gasteiger partial charge in [0.15, 0.2) is 0 Å². The van der Waals surface area contributed by atoms with E-state index in [0.29, 0.717) is 27.8 Å². The van der Waals surface area contributed by atoms with Crippen LogP contribution >= 0.6 is 11.6 Å². The molecule has 1 unspecified atom stereocenters. The number of aromatic nitrogens is 6. The van der Waals surface area contributed by atoms with Gasteiger partial charge in [0.2, 0.25) is 5.82 Å². The van der Waals surface area contributed by atoms with E-state index in [-0.39, 0.29) is 12.6 Å². The molecule has 2 amide bonds. The van der Waals surface area contributed by atoms with Crippen LogP contribution in [0.5, 0.6) is 0 Å². The van der Waals surface area contributed by atoms with Gasteiger partial charge in [0, 0.05) is 28.0 Å². The van der Waals surface area contributed by atoms with Crippen LogP contribution in [0.25, 0.3) is 11.4 Å². The highest BCUT2D eigenvalue weighted by atomic mass is 35.5. The lowest BCUT2D eigenvalue weighted by Crippen LogP contribution is -2.31. The monoisotopic (exact) mass is 472 g/mol. The number of urea groups is 1. The SMILES string of the molecule is Cn1nnc(-c2ccc(NC(=O)N3CC(n4cc(C#N)cn4)C(c4ccc(Cl)cc4)=N3)cc2)n1. The summed E-state index contributed by atoms with van der Waals surface area (Å²) in [5.74, 6) is 0.496. The topological polar surface area (TPSA) is 130 Å². The number of amides is 2. The van der Waals surface area contributed by atoms with Gasteiger partial charge in [0.1, 0.15) is 12.1 Å². The van der Waals surface area contributed by atoms with Gasteiger partial charge in [-0.25, -0.2) is 9.80 Å². The first-order valence-electron chi connectivity index (χ1n) is 10.2. The van der Waals surface area contributed by atoms with Gasteiger partial charge in [0.25, 0.3) is 0 Å². The van der Waals surface area contributed by atoms with Gasteiger partial charge < -0.3 is 5.32 Å². The molecule has 1 aliphatic rings. The lowest BCUT2D eigenvalue weighted by atomic mass is 10.0. The summed E-state index contributed by atoms with van der Waals surface area (Å²) in [5, 5.41) is 34.8. The number of carbonyl (C=O) groups excluding carboxylic acids is 1. The van der Waals surface area contributed by atoms with E-state index in [1.54, 1.807) is 54.3 Å². The number of hydrazone groups is 1. The summed E-state index contributed by atoms with van der Waals surface area (Å²) in [4.78, 5) is 14.4. The third-order valence-corrected chi connectivity index (χ3v) is 5.47. The molecule has 0 bridgehead atoms. The Hall–Kier alpha value is -4.56. The lowest BCUT2D eigenvalue weighted by molar-refractivity contribution is 0.215. The van der Waals surface area contributed by atoms with E-state index < -0.39 is 6.03 Å². The standard InChI is InChI=1S/C22H17ClN10O/c1-31-29-21(27-30-31)16-4-8-18(9-5-16)26-22(34)33-13-19(32-12-14(10-24)11-25-32)20(28-33)15-2-6-17(23)7-3-15/h2-9,11-12,19H,13H2,1H3,(H,26,34). The third kappa shape index (κ3) is 4.22. The molecule has 11 nitrogen and oxygen atoms in total. The number of tetrazole rings is 1. The van der Waals surface area contributed by atoms with Crippen LogP contribution in [0.1, 0.15) is 17.2 Å². The Kier molecular flexibility index (Phi) is 5.49. The molecule has 34 heavy (non-hydrogen) atoms. The minimum Gasteiger partial charge on any atom is -0.306 e. The molecule has 12 heteroatoms. The summed E-state index contributed by atoms with van der Waals surface area (Å²) >= 11 is 6.03. The van der Waals surface area contributed by atoms with Gasteiger partial charge in [-0.2, -0.15) is 20.3 Å². The predicted molar refractivity (Wildman–Crippen MR) is 124 cm³/mol. The van der Waals surface area contributed by atoms with Crippen molar-refractivity contribution < 1.29 is 4.79 Å².